The number of likely N-dealkylation sites (tertiary alicyclic amines) is 1. The second kappa shape index (κ2) is 12.3. The summed E-state index contributed by atoms with van der Waals surface area (Å²) in [6.07, 6.45) is 0.808. The fourth-order valence-corrected chi connectivity index (χ4v) is 4.85. The molecule has 2 amide bonds. The Labute approximate surface area is 235 Å². The topological polar surface area (TPSA) is 102 Å². The van der Waals surface area contributed by atoms with Crippen LogP contribution in [0, 0.1) is 6.92 Å². The van der Waals surface area contributed by atoms with E-state index in [-0.39, 0.29) is 29.9 Å². The summed E-state index contributed by atoms with van der Waals surface area (Å²) in [7, 11) is 1.56. The standard InChI is InChI=1S/C29H29F3N6O3/c1-5-25(39)37-14-6-7-23(37)27-36-26(18(2)38(27)22(16-33-3)17-41-4)19-8-10-20(11-9-19)28(40)35-24-15-21(12-13-34-24)29(30,31)32/h5,8-13,15-16,23H,1,3,6-7,14,17H2,2,4H3,(H,34,35,40)/b22-16-/t23-/m0/s1. The summed E-state index contributed by atoms with van der Waals surface area (Å²) in [4.78, 5) is 39.8. The first-order chi connectivity index (χ1) is 19.6. The van der Waals surface area contributed by atoms with Crippen LogP contribution in [-0.2, 0) is 15.7 Å². The Kier molecular flexibility index (Phi) is 8.82. The molecule has 1 aliphatic rings. The maximum atomic E-state index is 13.0. The summed E-state index contributed by atoms with van der Waals surface area (Å²) < 4.78 is 46.4. The monoisotopic (exact) mass is 566 g/mol. The van der Waals surface area contributed by atoms with Crippen LogP contribution in [-0.4, -0.2) is 58.2 Å². The highest BCUT2D eigenvalue weighted by molar-refractivity contribution is 6.04. The Balaban J connectivity index is 1.69. The molecular formula is C29H29F3N6O3. The highest BCUT2D eigenvalue weighted by atomic mass is 19.4. The number of carbonyl (C=O) groups is 2. The van der Waals surface area contributed by atoms with E-state index in [0.29, 0.717) is 35.7 Å². The zero-order valence-electron chi connectivity index (χ0n) is 22.6. The van der Waals surface area contributed by atoms with Gasteiger partial charge in [-0.2, -0.15) is 13.2 Å². The number of aliphatic imine (C=N–C) groups is 1. The van der Waals surface area contributed by atoms with Crippen LogP contribution in [0.15, 0.2) is 66.4 Å². The van der Waals surface area contributed by atoms with Crippen LogP contribution in [0.4, 0.5) is 19.0 Å². The lowest BCUT2D eigenvalue weighted by atomic mass is 10.1. The quantitative estimate of drug-likeness (QED) is 0.272. The smallest absolute Gasteiger partial charge is 0.378 e. The lowest BCUT2D eigenvalue weighted by molar-refractivity contribution is -0.137. The van der Waals surface area contributed by atoms with Crippen molar-refractivity contribution in [1.82, 2.24) is 19.4 Å². The molecule has 214 valence electrons. The Bertz CT molecular complexity index is 1490. The van der Waals surface area contributed by atoms with Crippen molar-refractivity contribution in [3.05, 3.63) is 84.1 Å². The molecule has 41 heavy (non-hydrogen) atoms. The first-order valence-corrected chi connectivity index (χ1v) is 12.7. The van der Waals surface area contributed by atoms with Crippen molar-refractivity contribution < 1.29 is 27.5 Å². The molecule has 0 aliphatic carbocycles. The molecule has 0 saturated carbocycles. The number of alkyl halides is 3. The number of carbonyl (C=O) groups excluding carboxylic acids is 2. The van der Waals surface area contributed by atoms with E-state index in [4.69, 9.17) is 9.72 Å². The van der Waals surface area contributed by atoms with E-state index in [2.05, 4.69) is 28.6 Å². The number of ether oxygens (including phenoxy) is 1. The van der Waals surface area contributed by atoms with Gasteiger partial charge in [0.1, 0.15) is 11.6 Å². The molecule has 3 heterocycles. The third kappa shape index (κ3) is 6.27. The molecule has 1 fully saturated rings. The summed E-state index contributed by atoms with van der Waals surface area (Å²) in [5, 5.41) is 2.40. The molecule has 12 heteroatoms. The van der Waals surface area contributed by atoms with Crippen molar-refractivity contribution in [3.8, 4) is 11.3 Å². The molecule has 0 radical (unpaired) electrons. The van der Waals surface area contributed by atoms with Crippen LogP contribution >= 0.6 is 0 Å². The molecule has 3 aromatic rings. The maximum Gasteiger partial charge on any atom is 0.416 e. The highest BCUT2D eigenvalue weighted by Gasteiger charge is 2.34. The van der Waals surface area contributed by atoms with Gasteiger partial charge in [-0.05, 0) is 56.8 Å². The molecule has 9 nitrogen and oxygen atoms in total. The number of rotatable bonds is 9. The second-order valence-electron chi connectivity index (χ2n) is 9.33. The lowest BCUT2D eigenvalue weighted by Gasteiger charge is -2.24. The number of imidazole rings is 1. The number of methoxy groups -OCH3 is 1. The van der Waals surface area contributed by atoms with Crippen LogP contribution in [0.3, 0.4) is 0 Å². The fourth-order valence-electron chi connectivity index (χ4n) is 4.85. The molecule has 1 N–H and O–H groups in total. The Morgan fingerprint density at radius 3 is 2.61 bits per heavy atom. The van der Waals surface area contributed by atoms with Gasteiger partial charge in [0.05, 0.1) is 29.6 Å². The van der Waals surface area contributed by atoms with E-state index in [9.17, 15) is 22.8 Å². The molecule has 0 bridgehead atoms. The Morgan fingerprint density at radius 2 is 1.98 bits per heavy atom. The third-order valence-corrected chi connectivity index (χ3v) is 6.71. The van der Waals surface area contributed by atoms with Crippen molar-refractivity contribution in [2.75, 3.05) is 25.6 Å². The Morgan fingerprint density at radius 1 is 1.24 bits per heavy atom. The van der Waals surface area contributed by atoms with Gasteiger partial charge >= 0.3 is 6.18 Å². The predicted octanol–water partition coefficient (Wildman–Crippen LogP) is 5.52. The van der Waals surface area contributed by atoms with E-state index in [1.807, 2.05) is 11.5 Å². The van der Waals surface area contributed by atoms with E-state index in [0.717, 1.165) is 30.4 Å². The number of pyridine rings is 1. The number of amides is 2. The van der Waals surface area contributed by atoms with Gasteiger partial charge in [0, 0.05) is 42.9 Å². The average molecular weight is 567 g/mol. The predicted molar refractivity (Wildman–Crippen MR) is 149 cm³/mol. The van der Waals surface area contributed by atoms with Crippen molar-refractivity contribution in [1.29, 1.82) is 0 Å². The van der Waals surface area contributed by atoms with Crippen LogP contribution in [0.25, 0.3) is 17.0 Å². The molecule has 1 saturated heterocycles. The van der Waals surface area contributed by atoms with Crippen LogP contribution < -0.4 is 5.32 Å². The zero-order chi connectivity index (χ0) is 29.7. The first-order valence-electron chi connectivity index (χ1n) is 12.7. The second-order valence-corrected chi connectivity index (χ2v) is 9.33. The van der Waals surface area contributed by atoms with Gasteiger partial charge in [-0.3, -0.25) is 19.1 Å². The summed E-state index contributed by atoms with van der Waals surface area (Å²) in [5.41, 5.74) is 2.06. The first kappa shape index (κ1) is 29.4. The van der Waals surface area contributed by atoms with Gasteiger partial charge in [0.2, 0.25) is 5.91 Å². The fraction of sp³-hybridized carbons (Fsp3) is 0.276. The number of aromatic nitrogens is 3. The summed E-state index contributed by atoms with van der Waals surface area (Å²) in [6.45, 7) is 9.86. The number of benzene rings is 1. The molecule has 1 aliphatic heterocycles. The van der Waals surface area contributed by atoms with E-state index in [1.54, 1.807) is 42.5 Å². The molecule has 0 spiro atoms. The van der Waals surface area contributed by atoms with Crippen LogP contribution in [0.1, 0.15) is 46.3 Å². The molecule has 1 aromatic carbocycles. The van der Waals surface area contributed by atoms with E-state index >= 15 is 0 Å². The maximum absolute atomic E-state index is 13.0. The van der Waals surface area contributed by atoms with Gasteiger partial charge in [0.25, 0.3) is 5.91 Å². The minimum absolute atomic E-state index is 0.189. The molecule has 2 aromatic heterocycles. The number of hydrogen-bond donors (Lipinski definition) is 1. The van der Waals surface area contributed by atoms with Gasteiger partial charge in [-0.15, -0.1) is 0 Å². The van der Waals surface area contributed by atoms with Gasteiger partial charge in [0.15, 0.2) is 0 Å². The normalized spacial score (nSPS) is 15.6. The van der Waals surface area contributed by atoms with Gasteiger partial charge in [-0.1, -0.05) is 18.7 Å². The summed E-state index contributed by atoms with van der Waals surface area (Å²) in [5.74, 6) is -0.379. The van der Waals surface area contributed by atoms with Gasteiger partial charge in [-0.25, -0.2) is 9.97 Å². The van der Waals surface area contributed by atoms with E-state index in [1.165, 1.54) is 6.08 Å². The van der Waals surface area contributed by atoms with Gasteiger partial charge < -0.3 is 15.0 Å². The number of nitrogens with zero attached hydrogens (tertiary/aromatic N) is 5. The number of anilines is 1. The van der Waals surface area contributed by atoms with Crippen molar-refractivity contribution in [2.45, 2.75) is 32.0 Å². The average Bonchev–Trinajstić information content (AvgIpc) is 3.57. The Hall–Kier alpha value is -4.58. The molecular weight excluding hydrogens is 537 g/mol. The van der Waals surface area contributed by atoms with Crippen LogP contribution in [0.5, 0.6) is 0 Å². The SMILES string of the molecule is C=CC(=O)N1CCC[C@H]1c1nc(-c2ccc(C(=O)Nc3cc(C(F)(F)F)ccn3)cc2)c(C)n1/C(=C\N=C)COC. The van der Waals surface area contributed by atoms with Crippen molar-refractivity contribution in [2.24, 2.45) is 4.99 Å². The van der Waals surface area contributed by atoms with Crippen molar-refractivity contribution in [3.63, 3.8) is 0 Å². The lowest BCUT2D eigenvalue weighted by Crippen LogP contribution is -2.30. The molecule has 0 unspecified atom stereocenters. The number of halogens is 3. The zero-order valence-corrected chi connectivity index (χ0v) is 22.6. The van der Waals surface area contributed by atoms with Crippen molar-refractivity contribution >= 4 is 30.0 Å². The van der Waals surface area contributed by atoms with Crippen LogP contribution in [0.2, 0.25) is 0 Å². The number of nitrogens with one attached hydrogen (secondary N) is 1. The molecule has 4 rings (SSSR count). The summed E-state index contributed by atoms with van der Waals surface area (Å²) >= 11 is 0. The molecule has 1 atom stereocenters. The minimum atomic E-state index is -4.56. The largest absolute Gasteiger partial charge is 0.416 e. The van der Waals surface area contributed by atoms with E-state index < -0.39 is 17.6 Å². The summed E-state index contributed by atoms with van der Waals surface area (Å²) in [6, 6.07) is 7.80. The minimum Gasteiger partial charge on any atom is -0.378 e. The highest BCUT2D eigenvalue weighted by Crippen LogP contribution is 2.37. The third-order valence-electron chi connectivity index (χ3n) is 6.71. The number of hydrogen-bond acceptors (Lipinski definition) is 6.